The van der Waals surface area contributed by atoms with Crippen LogP contribution in [-0.2, 0) is 9.59 Å². The molecule has 0 aromatic heterocycles. The van der Waals surface area contributed by atoms with Gasteiger partial charge >= 0.3 is 5.97 Å². The van der Waals surface area contributed by atoms with Crippen LogP contribution in [0.1, 0.15) is 62.6 Å². The Bertz CT molecular complexity index is 1130. The molecule has 39 heavy (non-hydrogen) atoms. The monoisotopic (exact) mass is 540 g/mol. The third-order valence-electron chi connectivity index (χ3n) is 7.70. The molecule has 0 saturated carbocycles. The molecular weight excluding hydrogens is 500 g/mol. The Labute approximate surface area is 230 Å². The van der Waals surface area contributed by atoms with Crippen LogP contribution >= 0.6 is 0 Å². The summed E-state index contributed by atoms with van der Waals surface area (Å²) in [5.74, 6) is 0.173. The van der Waals surface area contributed by atoms with E-state index in [2.05, 4.69) is 13.8 Å². The van der Waals surface area contributed by atoms with E-state index in [1.165, 1.54) is 0 Å². The van der Waals surface area contributed by atoms with Crippen LogP contribution in [0.15, 0.2) is 36.4 Å². The molecule has 1 N–H and O–H groups in total. The van der Waals surface area contributed by atoms with Gasteiger partial charge in [0.05, 0.1) is 26.7 Å². The number of carboxylic acids is 1. The highest BCUT2D eigenvalue weighted by molar-refractivity contribution is 5.79. The van der Waals surface area contributed by atoms with E-state index in [9.17, 15) is 14.7 Å². The molecule has 1 saturated heterocycles. The van der Waals surface area contributed by atoms with Crippen LogP contribution < -0.4 is 18.9 Å². The molecule has 2 heterocycles. The number of nitrogens with zero attached hydrogens (tertiary/aromatic N) is 2. The minimum absolute atomic E-state index is 0.0310. The number of methoxy groups -OCH3 is 2. The van der Waals surface area contributed by atoms with Crippen LogP contribution in [0.2, 0.25) is 0 Å². The number of carbonyl (C=O) groups excluding carboxylic acids is 1. The van der Waals surface area contributed by atoms with Crippen LogP contribution in [0.4, 0.5) is 0 Å². The van der Waals surface area contributed by atoms with Crippen LogP contribution in [0.25, 0.3) is 0 Å². The molecule has 1 fully saturated rings. The van der Waals surface area contributed by atoms with Crippen LogP contribution in [0.3, 0.4) is 0 Å². The molecular formula is C30H40N2O7. The molecule has 0 spiro atoms. The SMILES string of the molecule is CCCCN(CCCC)C(=O)CN1C[C@H](c2cc(OC)c3c(c2)OCO3)C(C(=O)O)[C@@H]1c1ccc(OC)cc1. The summed E-state index contributed by atoms with van der Waals surface area (Å²) in [6, 6.07) is 10.6. The summed E-state index contributed by atoms with van der Waals surface area (Å²) in [5.41, 5.74) is 1.62. The summed E-state index contributed by atoms with van der Waals surface area (Å²) in [4.78, 5) is 30.5. The molecule has 2 aliphatic rings. The largest absolute Gasteiger partial charge is 0.497 e. The summed E-state index contributed by atoms with van der Waals surface area (Å²) < 4.78 is 22.1. The average Bonchev–Trinajstić information content (AvgIpc) is 3.57. The second-order valence-electron chi connectivity index (χ2n) is 10.2. The quantitative estimate of drug-likeness (QED) is 0.390. The lowest BCUT2D eigenvalue weighted by Crippen LogP contribution is -2.42. The fraction of sp³-hybridized carbons (Fsp3) is 0.533. The first-order valence-electron chi connectivity index (χ1n) is 13.8. The Morgan fingerprint density at radius 2 is 1.69 bits per heavy atom. The number of aliphatic carboxylic acids is 1. The normalized spacial score (nSPS) is 20.2. The molecule has 1 amide bonds. The molecule has 4 rings (SSSR count). The summed E-state index contributed by atoms with van der Waals surface area (Å²) in [5, 5.41) is 10.6. The van der Waals surface area contributed by atoms with Gasteiger partial charge in [0.2, 0.25) is 18.4 Å². The van der Waals surface area contributed by atoms with Crippen LogP contribution in [-0.4, -0.2) is 74.0 Å². The first-order chi connectivity index (χ1) is 18.9. The first-order valence-corrected chi connectivity index (χ1v) is 13.8. The van der Waals surface area contributed by atoms with E-state index in [4.69, 9.17) is 18.9 Å². The van der Waals surface area contributed by atoms with Crippen molar-refractivity contribution in [2.75, 3.05) is 47.2 Å². The van der Waals surface area contributed by atoms with Gasteiger partial charge in [0, 0.05) is 31.6 Å². The number of rotatable bonds is 13. The highest BCUT2D eigenvalue weighted by Gasteiger charge is 2.48. The second kappa shape index (κ2) is 13.1. The molecule has 0 aliphatic carbocycles. The Morgan fingerprint density at radius 3 is 2.28 bits per heavy atom. The topological polar surface area (TPSA) is 97.8 Å². The molecule has 212 valence electrons. The lowest BCUT2D eigenvalue weighted by Gasteiger charge is -2.30. The number of fused-ring (bicyclic) bond motifs is 1. The number of amides is 1. The van der Waals surface area contributed by atoms with E-state index < -0.39 is 23.8 Å². The maximum atomic E-state index is 13.6. The lowest BCUT2D eigenvalue weighted by atomic mass is 9.82. The van der Waals surface area contributed by atoms with Crippen LogP contribution in [0, 0.1) is 5.92 Å². The first kappa shape index (κ1) is 28.5. The number of ether oxygens (including phenoxy) is 4. The molecule has 9 heteroatoms. The molecule has 3 atom stereocenters. The Balaban J connectivity index is 1.71. The number of unbranched alkanes of at least 4 members (excludes halogenated alkanes) is 2. The number of likely N-dealkylation sites (tertiary alicyclic amines) is 1. The predicted octanol–water partition coefficient (Wildman–Crippen LogP) is 4.70. The maximum Gasteiger partial charge on any atom is 0.309 e. The van der Waals surface area contributed by atoms with Crippen LogP contribution in [0.5, 0.6) is 23.0 Å². The third kappa shape index (κ3) is 6.24. The Kier molecular flexibility index (Phi) is 9.56. The van der Waals surface area contributed by atoms with Gasteiger partial charge in [0.25, 0.3) is 0 Å². The van der Waals surface area contributed by atoms with Gasteiger partial charge in [-0.3, -0.25) is 14.5 Å². The fourth-order valence-corrected chi connectivity index (χ4v) is 5.63. The smallest absolute Gasteiger partial charge is 0.309 e. The van der Waals surface area contributed by atoms with Gasteiger partial charge in [0.15, 0.2) is 11.5 Å². The van der Waals surface area contributed by atoms with Crippen molar-refractivity contribution in [1.82, 2.24) is 9.80 Å². The van der Waals surface area contributed by atoms with Crippen molar-refractivity contribution < 1.29 is 33.6 Å². The van der Waals surface area contributed by atoms with Gasteiger partial charge in [-0.15, -0.1) is 0 Å². The molecule has 2 aromatic rings. The molecule has 1 unspecified atom stereocenters. The van der Waals surface area contributed by atoms with E-state index in [0.29, 0.717) is 42.6 Å². The van der Waals surface area contributed by atoms with Gasteiger partial charge < -0.3 is 29.0 Å². The molecule has 2 aromatic carbocycles. The summed E-state index contributed by atoms with van der Waals surface area (Å²) in [7, 11) is 3.15. The van der Waals surface area contributed by atoms with E-state index in [-0.39, 0.29) is 19.2 Å². The summed E-state index contributed by atoms with van der Waals surface area (Å²) in [6.07, 6.45) is 3.88. The van der Waals surface area contributed by atoms with Crippen molar-refractivity contribution in [2.45, 2.75) is 51.5 Å². The zero-order valence-electron chi connectivity index (χ0n) is 23.4. The van der Waals surface area contributed by atoms with Crippen molar-refractivity contribution in [3.05, 3.63) is 47.5 Å². The van der Waals surface area contributed by atoms with E-state index in [1.807, 2.05) is 46.2 Å². The molecule has 0 radical (unpaired) electrons. The highest BCUT2D eigenvalue weighted by Crippen LogP contribution is 2.50. The molecule has 0 bridgehead atoms. The number of carboxylic acid groups (broad SMARTS) is 1. The zero-order chi connectivity index (χ0) is 27.9. The fourth-order valence-electron chi connectivity index (χ4n) is 5.63. The third-order valence-corrected chi connectivity index (χ3v) is 7.70. The van der Waals surface area contributed by atoms with E-state index in [1.54, 1.807) is 14.2 Å². The van der Waals surface area contributed by atoms with Gasteiger partial charge in [-0.1, -0.05) is 38.8 Å². The van der Waals surface area contributed by atoms with E-state index >= 15 is 0 Å². The number of hydrogen-bond acceptors (Lipinski definition) is 7. The zero-order valence-corrected chi connectivity index (χ0v) is 23.4. The number of hydrogen-bond donors (Lipinski definition) is 1. The van der Waals surface area contributed by atoms with Crippen molar-refractivity contribution in [3.63, 3.8) is 0 Å². The minimum atomic E-state index is -0.916. The number of benzene rings is 2. The van der Waals surface area contributed by atoms with Gasteiger partial charge in [-0.25, -0.2) is 0 Å². The van der Waals surface area contributed by atoms with Crippen molar-refractivity contribution in [2.24, 2.45) is 5.92 Å². The Hall–Kier alpha value is -3.46. The number of carbonyl (C=O) groups is 2. The Morgan fingerprint density at radius 1 is 1.00 bits per heavy atom. The predicted molar refractivity (Wildman–Crippen MR) is 147 cm³/mol. The van der Waals surface area contributed by atoms with E-state index in [0.717, 1.165) is 36.8 Å². The summed E-state index contributed by atoms with van der Waals surface area (Å²) >= 11 is 0. The van der Waals surface area contributed by atoms with Gasteiger partial charge in [0.1, 0.15) is 5.75 Å². The molecule has 9 nitrogen and oxygen atoms in total. The van der Waals surface area contributed by atoms with Gasteiger partial charge in [-0.2, -0.15) is 0 Å². The van der Waals surface area contributed by atoms with Gasteiger partial charge in [-0.05, 0) is 48.2 Å². The van der Waals surface area contributed by atoms with Crippen molar-refractivity contribution in [1.29, 1.82) is 0 Å². The average molecular weight is 541 g/mol. The summed E-state index contributed by atoms with van der Waals surface area (Å²) in [6.45, 7) is 6.28. The standard InChI is InChI=1S/C30H40N2O7/c1-5-7-13-31(14-8-6-2)26(33)18-32-17-23(21-15-24(37-4)29-25(16-21)38-19-39-29)27(30(34)35)28(32)20-9-11-22(36-3)12-10-20/h9-12,15-16,23,27-28H,5-8,13-14,17-19H2,1-4H3,(H,34,35)/t23-,27?,28+/m1/s1. The molecule has 2 aliphatic heterocycles. The van der Waals surface area contributed by atoms with Crippen molar-refractivity contribution >= 4 is 11.9 Å². The lowest BCUT2D eigenvalue weighted by molar-refractivity contribution is -0.144. The van der Waals surface area contributed by atoms with Crippen molar-refractivity contribution in [3.8, 4) is 23.0 Å². The maximum absolute atomic E-state index is 13.6. The highest BCUT2D eigenvalue weighted by atomic mass is 16.7. The minimum Gasteiger partial charge on any atom is -0.497 e. The second-order valence-corrected chi connectivity index (χ2v) is 10.2.